The van der Waals surface area contributed by atoms with Gasteiger partial charge in [0.25, 0.3) is 5.91 Å². The maximum atomic E-state index is 12.4. The highest BCUT2D eigenvalue weighted by Gasteiger charge is 2.18. The van der Waals surface area contributed by atoms with E-state index < -0.39 is 0 Å². The van der Waals surface area contributed by atoms with Crippen LogP contribution in [-0.2, 0) is 9.53 Å². The first-order valence-electron chi connectivity index (χ1n) is 5.80. The van der Waals surface area contributed by atoms with Gasteiger partial charge < -0.3 is 9.64 Å². The van der Waals surface area contributed by atoms with Crippen LogP contribution < -0.4 is 0 Å². The zero-order valence-corrected chi connectivity index (χ0v) is 14.5. The van der Waals surface area contributed by atoms with Crippen LogP contribution in [0, 0.1) is 3.57 Å². The molecule has 0 saturated heterocycles. The summed E-state index contributed by atoms with van der Waals surface area (Å²) in [4.78, 5) is 25.2. The van der Waals surface area contributed by atoms with Crippen molar-refractivity contribution < 1.29 is 14.3 Å². The van der Waals surface area contributed by atoms with E-state index in [1.807, 2.05) is 25.1 Å². The van der Waals surface area contributed by atoms with Gasteiger partial charge in [-0.25, -0.2) is 0 Å². The second-order valence-electron chi connectivity index (χ2n) is 3.84. The van der Waals surface area contributed by atoms with Gasteiger partial charge in [0.2, 0.25) is 0 Å². The van der Waals surface area contributed by atoms with E-state index in [4.69, 9.17) is 0 Å². The molecular formula is C13H15BrINO3. The minimum absolute atomic E-state index is 0.0863. The molecule has 0 saturated carbocycles. The number of nitrogens with zero attached hydrogens (tertiary/aromatic N) is 1. The monoisotopic (exact) mass is 439 g/mol. The molecule has 0 atom stereocenters. The van der Waals surface area contributed by atoms with Crippen molar-refractivity contribution >= 4 is 50.4 Å². The number of esters is 1. The van der Waals surface area contributed by atoms with Crippen LogP contribution in [0.1, 0.15) is 23.7 Å². The van der Waals surface area contributed by atoms with Gasteiger partial charge in [0.05, 0.1) is 19.1 Å². The highest BCUT2D eigenvalue weighted by atomic mass is 127. The molecule has 0 radical (unpaired) electrons. The minimum Gasteiger partial charge on any atom is -0.469 e. The third-order valence-electron chi connectivity index (χ3n) is 2.64. The van der Waals surface area contributed by atoms with Crippen LogP contribution >= 0.6 is 38.5 Å². The maximum Gasteiger partial charge on any atom is 0.307 e. The number of halogens is 2. The van der Waals surface area contributed by atoms with Crippen LogP contribution in [0.5, 0.6) is 0 Å². The van der Waals surface area contributed by atoms with Gasteiger partial charge in [-0.1, -0.05) is 0 Å². The summed E-state index contributed by atoms with van der Waals surface area (Å²) < 4.78 is 6.34. The van der Waals surface area contributed by atoms with Gasteiger partial charge in [0.15, 0.2) is 0 Å². The third kappa shape index (κ3) is 4.76. The number of carbonyl (C=O) groups is 2. The van der Waals surface area contributed by atoms with Crippen molar-refractivity contribution in [3.8, 4) is 0 Å². The summed E-state index contributed by atoms with van der Waals surface area (Å²) in [7, 11) is 1.34. The molecule has 0 fully saturated rings. The first-order valence-corrected chi connectivity index (χ1v) is 7.68. The Bertz CT molecular complexity index is 479. The second-order valence-corrected chi connectivity index (χ2v) is 5.94. The normalized spacial score (nSPS) is 10.1. The Morgan fingerprint density at radius 3 is 2.68 bits per heavy atom. The van der Waals surface area contributed by atoms with Crippen LogP contribution in [-0.4, -0.2) is 37.0 Å². The van der Waals surface area contributed by atoms with Crippen molar-refractivity contribution in [2.75, 3.05) is 20.2 Å². The van der Waals surface area contributed by atoms with Crippen LogP contribution in [0.15, 0.2) is 22.7 Å². The molecule has 19 heavy (non-hydrogen) atoms. The average Bonchev–Trinajstić information content (AvgIpc) is 2.41. The van der Waals surface area contributed by atoms with E-state index in [1.54, 1.807) is 4.90 Å². The molecule has 0 aliphatic heterocycles. The topological polar surface area (TPSA) is 46.6 Å². The Balaban J connectivity index is 2.83. The van der Waals surface area contributed by atoms with Crippen molar-refractivity contribution in [2.24, 2.45) is 0 Å². The summed E-state index contributed by atoms with van der Waals surface area (Å²) in [6, 6.07) is 5.60. The molecule has 4 nitrogen and oxygen atoms in total. The average molecular weight is 440 g/mol. The van der Waals surface area contributed by atoms with Crippen LogP contribution in [0.25, 0.3) is 0 Å². The van der Waals surface area contributed by atoms with E-state index >= 15 is 0 Å². The summed E-state index contributed by atoms with van der Waals surface area (Å²) in [5.74, 6) is -0.398. The summed E-state index contributed by atoms with van der Waals surface area (Å²) in [5, 5.41) is 0. The predicted octanol–water partition coefficient (Wildman–Crippen LogP) is 3.08. The van der Waals surface area contributed by atoms with Crippen LogP contribution in [0.2, 0.25) is 0 Å². The number of carbonyl (C=O) groups excluding carboxylic acids is 2. The van der Waals surface area contributed by atoms with E-state index in [9.17, 15) is 9.59 Å². The molecule has 0 N–H and O–H groups in total. The fraction of sp³-hybridized carbons (Fsp3) is 0.385. The van der Waals surface area contributed by atoms with Crippen molar-refractivity contribution in [3.63, 3.8) is 0 Å². The van der Waals surface area contributed by atoms with E-state index in [-0.39, 0.29) is 18.3 Å². The highest BCUT2D eigenvalue weighted by molar-refractivity contribution is 14.1. The Morgan fingerprint density at radius 1 is 1.42 bits per heavy atom. The standard InChI is InChI=1S/C13H15BrINO3/c1-3-16(7-6-12(17)19-2)13(18)10-8-9(15)4-5-11(10)14/h4-5,8H,3,6-7H2,1-2H3. The predicted molar refractivity (Wildman–Crippen MR) is 85.1 cm³/mol. The Morgan fingerprint density at radius 2 is 2.11 bits per heavy atom. The second kappa shape index (κ2) is 7.84. The summed E-state index contributed by atoms with van der Waals surface area (Å²) in [6.07, 6.45) is 0.206. The number of hydrogen-bond acceptors (Lipinski definition) is 3. The Hall–Kier alpha value is -0.630. The molecule has 104 valence electrons. The summed E-state index contributed by atoms with van der Waals surface area (Å²) in [6.45, 7) is 2.80. The number of amides is 1. The van der Waals surface area contributed by atoms with Crippen molar-refractivity contribution in [3.05, 3.63) is 31.8 Å². The number of methoxy groups -OCH3 is 1. The van der Waals surface area contributed by atoms with Crippen LogP contribution in [0.4, 0.5) is 0 Å². The van der Waals surface area contributed by atoms with Gasteiger partial charge in [0, 0.05) is 21.1 Å². The largest absolute Gasteiger partial charge is 0.469 e. The molecule has 0 aliphatic rings. The Kier molecular flexibility index (Phi) is 6.78. The number of rotatable bonds is 5. The number of benzene rings is 1. The number of hydrogen-bond donors (Lipinski definition) is 0. The van der Waals surface area contributed by atoms with Gasteiger partial charge in [0.1, 0.15) is 0 Å². The zero-order chi connectivity index (χ0) is 14.4. The van der Waals surface area contributed by atoms with E-state index in [2.05, 4.69) is 43.3 Å². The van der Waals surface area contributed by atoms with Gasteiger partial charge in [-0.3, -0.25) is 9.59 Å². The van der Waals surface area contributed by atoms with Gasteiger partial charge in [-0.15, -0.1) is 0 Å². The molecule has 0 aliphatic carbocycles. The van der Waals surface area contributed by atoms with Crippen molar-refractivity contribution in [1.82, 2.24) is 4.90 Å². The van der Waals surface area contributed by atoms with Gasteiger partial charge >= 0.3 is 5.97 Å². The van der Waals surface area contributed by atoms with Gasteiger partial charge in [-0.2, -0.15) is 0 Å². The molecule has 1 rings (SSSR count). The molecule has 0 aromatic heterocycles. The molecule has 1 aromatic carbocycles. The smallest absolute Gasteiger partial charge is 0.307 e. The molecule has 0 heterocycles. The van der Waals surface area contributed by atoms with E-state index in [0.717, 1.165) is 8.04 Å². The van der Waals surface area contributed by atoms with E-state index in [1.165, 1.54) is 7.11 Å². The lowest BCUT2D eigenvalue weighted by Gasteiger charge is -2.21. The summed E-state index contributed by atoms with van der Waals surface area (Å²) >= 11 is 5.54. The Labute approximate surface area is 134 Å². The van der Waals surface area contributed by atoms with Crippen molar-refractivity contribution in [1.29, 1.82) is 0 Å². The molecule has 0 bridgehead atoms. The quantitative estimate of drug-likeness (QED) is 0.523. The van der Waals surface area contributed by atoms with Crippen LogP contribution in [0.3, 0.4) is 0 Å². The third-order valence-corrected chi connectivity index (χ3v) is 4.00. The lowest BCUT2D eigenvalue weighted by atomic mass is 10.2. The molecule has 1 aromatic rings. The first kappa shape index (κ1) is 16.4. The molecule has 1 amide bonds. The molecule has 0 spiro atoms. The summed E-state index contributed by atoms with van der Waals surface area (Å²) in [5.41, 5.74) is 0.610. The number of ether oxygens (including phenoxy) is 1. The lowest BCUT2D eigenvalue weighted by molar-refractivity contribution is -0.140. The zero-order valence-electron chi connectivity index (χ0n) is 10.8. The lowest BCUT2D eigenvalue weighted by Crippen LogP contribution is -2.33. The molecule has 6 heteroatoms. The first-order chi connectivity index (χ1) is 8.99. The van der Waals surface area contributed by atoms with Gasteiger partial charge in [-0.05, 0) is 63.6 Å². The molecule has 0 unspecified atom stereocenters. The minimum atomic E-state index is -0.312. The SMILES string of the molecule is CCN(CCC(=O)OC)C(=O)c1cc(I)ccc1Br. The molecular weight excluding hydrogens is 425 g/mol. The fourth-order valence-corrected chi connectivity index (χ4v) is 2.47. The van der Waals surface area contributed by atoms with Crippen molar-refractivity contribution in [2.45, 2.75) is 13.3 Å². The van der Waals surface area contributed by atoms with E-state index in [0.29, 0.717) is 18.7 Å². The highest BCUT2D eigenvalue weighted by Crippen LogP contribution is 2.21. The maximum absolute atomic E-state index is 12.4. The fourth-order valence-electron chi connectivity index (χ4n) is 1.56.